The van der Waals surface area contributed by atoms with Gasteiger partial charge in [0.2, 0.25) is 22.9 Å². The fourth-order valence-corrected chi connectivity index (χ4v) is 9.97. The Morgan fingerprint density at radius 1 is 0.824 bits per heavy atom. The van der Waals surface area contributed by atoms with E-state index in [2.05, 4.69) is 10.6 Å². The number of hydrogen-bond donors (Lipinski definition) is 5. The summed E-state index contributed by atoms with van der Waals surface area (Å²) in [7, 11) is 0.521. The first kappa shape index (κ1) is 40.5. The van der Waals surface area contributed by atoms with Crippen LogP contribution in [0.15, 0.2) is 0 Å². The number of nitrogens with one attached hydrogen (secondary N) is 2. The van der Waals surface area contributed by atoms with Crippen molar-refractivity contribution in [1.82, 2.24) is 10.6 Å². The third-order valence-corrected chi connectivity index (χ3v) is 12.9. The SMILES string of the molecule is C.C[C@@]12OC(=O)[C@]1([C@@H](O)[C@H]1CCCC(O)C1)NC(=O)[C@@H]2CCCl.C[C@@]12OC(=O)[C@]1([C@@H](O)[C@H]1CCCC3OC31)NC(=O)[C@@H]2CCCl.[BH3-]C1CCCO1. The summed E-state index contributed by atoms with van der Waals surface area (Å²) in [5.41, 5.74) is -4.85. The van der Waals surface area contributed by atoms with E-state index < -0.39 is 64.4 Å². The third-order valence-electron chi connectivity index (χ3n) is 12.4. The number of ether oxygens (including phenoxy) is 4. The normalized spacial score (nSPS) is 45.4. The Kier molecular flexibility index (Phi) is 12.1. The number of carbonyl (C=O) groups is 4. The molecule has 8 fully saturated rings. The summed E-state index contributed by atoms with van der Waals surface area (Å²) in [6, 6.07) is 0.796. The van der Waals surface area contributed by atoms with Crippen molar-refractivity contribution in [1.29, 1.82) is 0 Å². The summed E-state index contributed by atoms with van der Waals surface area (Å²) in [6.07, 6.45) is 6.61. The molecular weight excluding hydrogens is 706 g/mol. The van der Waals surface area contributed by atoms with Gasteiger partial charge in [0.1, 0.15) is 0 Å². The Morgan fingerprint density at radius 2 is 1.37 bits per heavy atom. The van der Waals surface area contributed by atoms with E-state index in [9.17, 15) is 34.5 Å². The monoisotopic (exact) mass is 761 g/mol. The van der Waals surface area contributed by atoms with Crippen molar-refractivity contribution in [3.63, 3.8) is 0 Å². The van der Waals surface area contributed by atoms with Crippen LogP contribution in [0, 0.1) is 23.7 Å². The molecule has 6 heterocycles. The smallest absolute Gasteiger partial charge is 0.339 e. The average molecular weight is 763 g/mol. The number of alkyl halides is 2. The number of carbonyl (C=O) groups excluding carboxylic acids is 4. The second kappa shape index (κ2) is 15.2. The average Bonchev–Trinajstić information content (AvgIpc) is 3.64. The lowest BCUT2D eigenvalue weighted by Crippen LogP contribution is -2.80. The summed E-state index contributed by atoms with van der Waals surface area (Å²) >= 11 is 11.5. The van der Waals surface area contributed by atoms with Crippen molar-refractivity contribution in [2.24, 2.45) is 23.7 Å². The fraction of sp³-hybridized carbons (Fsp3) is 0.886. The molecule has 8 rings (SSSR count). The van der Waals surface area contributed by atoms with Crippen molar-refractivity contribution in [2.45, 2.75) is 151 Å². The maximum Gasteiger partial charge on any atom is 0.339 e. The fourth-order valence-electron chi connectivity index (χ4n) is 9.53. The standard InChI is InChI=1S/C15H20ClNO5.C15H22ClNO5.C4H10BO.CH4/c1-14-8(5-6-16)12(19)17-15(14,13(20)22-14)11(18)7-3-2-4-9-10(7)21-9;1-14-10(5-6-16)12(20)17-15(14,13(21)22-14)11(19)8-3-2-4-9(18)7-8;5-4-2-1-3-6-4;/h7-11,18H,2-6H2,1H3,(H,17,19);8-11,18-19H,2-7H2,1H3,(H,17,20);4H,1-3H2,5H3;1H4/q;;-1;/t7-,8-,9?,10?,11-,14-,15-;8-,9?,10-,11-,14-,15-;;/m00../s1. The van der Waals surface area contributed by atoms with Gasteiger partial charge in [-0.05, 0) is 79.0 Å². The lowest BCUT2D eigenvalue weighted by molar-refractivity contribution is -0.241. The van der Waals surface area contributed by atoms with Crippen LogP contribution in [0.5, 0.6) is 0 Å². The topological polar surface area (TPSA) is 193 Å². The van der Waals surface area contributed by atoms with Crippen LogP contribution in [0.25, 0.3) is 0 Å². The van der Waals surface area contributed by atoms with E-state index in [1.165, 1.54) is 12.8 Å². The Hall–Kier alpha value is -1.68. The molecular formula is C35H56BCl2N2O11-. The molecule has 0 aromatic heterocycles. The number of fused-ring (bicyclic) bond motifs is 3. The quantitative estimate of drug-likeness (QED) is 0.102. The Morgan fingerprint density at radius 3 is 1.82 bits per heavy atom. The zero-order valence-electron chi connectivity index (χ0n) is 28.0. The number of amides is 2. The largest absolute Gasteiger partial charge is 0.453 e. The highest BCUT2D eigenvalue weighted by Crippen LogP contribution is 2.56. The van der Waals surface area contributed by atoms with Crippen LogP contribution in [0.4, 0.5) is 0 Å². The van der Waals surface area contributed by atoms with Crippen molar-refractivity contribution in [3.05, 3.63) is 0 Å². The number of esters is 2. The number of halogens is 2. The van der Waals surface area contributed by atoms with E-state index in [0.717, 1.165) is 44.7 Å². The molecule has 2 amide bonds. The summed E-state index contributed by atoms with van der Waals surface area (Å²) < 4.78 is 21.6. The summed E-state index contributed by atoms with van der Waals surface area (Å²) in [5.74, 6) is -2.56. The van der Waals surface area contributed by atoms with Gasteiger partial charge in [-0.25, -0.2) is 9.59 Å². The lowest BCUT2D eigenvalue weighted by atomic mass is 9.63. The van der Waals surface area contributed by atoms with E-state index in [0.29, 0.717) is 39.4 Å². The van der Waals surface area contributed by atoms with Crippen LogP contribution in [0.3, 0.4) is 0 Å². The first-order chi connectivity index (χ1) is 23.7. The zero-order chi connectivity index (χ0) is 36.2. The van der Waals surface area contributed by atoms with Crippen LogP contribution < -0.4 is 10.6 Å². The molecule has 4 unspecified atom stereocenters. The number of aliphatic hydroxyl groups excluding tert-OH is 3. The number of rotatable bonds is 8. The van der Waals surface area contributed by atoms with E-state index >= 15 is 0 Å². The molecule has 5 N–H and O–H groups in total. The van der Waals surface area contributed by atoms with Crippen LogP contribution in [-0.4, -0.2) is 124 Å². The van der Waals surface area contributed by atoms with Crippen LogP contribution in [0.1, 0.15) is 91.9 Å². The highest BCUT2D eigenvalue weighted by molar-refractivity contribution is 6.18. The number of epoxide rings is 1. The second-order valence-corrected chi connectivity index (χ2v) is 15.8. The van der Waals surface area contributed by atoms with Gasteiger partial charge in [-0.1, -0.05) is 32.7 Å². The van der Waals surface area contributed by atoms with E-state index in [1.54, 1.807) is 13.8 Å². The van der Waals surface area contributed by atoms with Crippen molar-refractivity contribution >= 4 is 54.8 Å². The molecule has 8 aliphatic rings. The second-order valence-electron chi connectivity index (χ2n) is 15.0. The number of hydrogen-bond acceptors (Lipinski definition) is 11. The summed E-state index contributed by atoms with van der Waals surface area (Å²) in [6.45, 7) is 4.46. The van der Waals surface area contributed by atoms with E-state index in [-0.39, 0.29) is 49.2 Å². The molecule has 14 atom stereocenters. The van der Waals surface area contributed by atoms with Crippen LogP contribution >= 0.6 is 23.2 Å². The van der Waals surface area contributed by atoms with Gasteiger partial charge in [0, 0.05) is 24.3 Å². The van der Waals surface area contributed by atoms with Crippen molar-refractivity contribution in [3.8, 4) is 0 Å². The van der Waals surface area contributed by atoms with Gasteiger partial charge < -0.3 is 44.9 Å². The van der Waals surface area contributed by atoms with Gasteiger partial charge >= 0.3 is 11.9 Å². The molecule has 0 radical (unpaired) electrons. The molecule has 6 aliphatic heterocycles. The highest BCUT2D eigenvalue weighted by Gasteiger charge is 2.81. The van der Waals surface area contributed by atoms with Gasteiger partial charge in [0.15, 0.2) is 11.2 Å². The molecule has 290 valence electrons. The minimum atomic E-state index is -1.40. The van der Waals surface area contributed by atoms with Gasteiger partial charge in [-0.15, -0.1) is 23.2 Å². The maximum atomic E-state index is 12.3. The molecule has 51 heavy (non-hydrogen) atoms. The lowest BCUT2D eigenvalue weighted by Gasteiger charge is -2.55. The Balaban J connectivity index is 0.000000167. The molecule has 2 saturated carbocycles. The van der Waals surface area contributed by atoms with E-state index in [1.807, 2.05) is 0 Å². The van der Waals surface area contributed by atoms with Gasteiger partial charge in [-0.3, -0.25) is 9.59 Å². The predicted octanol–water partition coefficient (Wildman–Crippen LogP) is 0.796. The molecule has 0 bridgehead atoms. The molecule has 13 nitrogen and oxygen atoms in total. The number of aliphatic hydroxyl groups is 3. The van der Waals surface area contributed by atoms with Gasteiger partial charge in [0.25, 0.3) is 0 Å². The van der Waals surface area contributed by atoms with Crippen molar-refractivity contribution in [2.75, 3.05) is 18.4 Å². The Labute approximate surface area is 310 Å². The highest BCUT2D eigenvalue weighted by atomic mass is 35.5. The van der Waals surface area contributed by atoms with Crippen LogP contribution in [-0.2, 0) is 38.1 Å². The van der Waals surface area contributed by atoms with Gasteiger partial charge in [-0.2, -0.15) is 0 Å². The first-order valence-electron chi connectivity index (χ1n) is 17.7. The first-order valence-corrected chi connectivity index (χ1v) is 18.7. The third kappa shape index (κ3) is 6.40. The van der Waals surface area contributed by atoms with Gasteiger partial charge in [0.05, 0.1) is 42.4 Å². The van der Waals surface area contributed by atoms with E-state index in [4.69, 9.17) is 42.1 Å². The molecule has 0 spiro atoms. The molecule has 16 heteroatoms. The molecule has 0 aromatic rings. The van der Waals surface area contributed by atoms with Crippen molar-refractivity contribution < 1.29 is 53.4 Å². The molecule has 0 aromatic carbocycles. The zero-order valence-corrected chi connectivity index (χ0v) is 29.5. The predicted molar refractivity (Wildman–Crippen MR) is 190 cm³/mol. The maximum absolute atomic E-state index is 12.3. The van der Waals surface area contributed by atoms with Crippen LogP contribution in [0.2, 0.25) is 0 Å². The Bertz CT molecular complexity index is 1340. The summed E-state index contributed by atoms with van der Waals surface area (Å²) in [4.78, 5) is 49.1. The molecule has 2 aliphatic carbocycles. The minimum absolute atomic E-state index is 0. The summed E-state index contributed by atoms with van der Waals surface area (Å²) in [5, 5.41) is 37.1. The minimum Gasteiger partial charge on any atom is -0.453 e. The molecule has 6 saturated heterocycles.